The number of aryl methyl sites for hydroxylation is 1. The highest BCUT2D eigenvalue weighted by Crippen LogP contribution is 2.49. The van der Waals surface area contributed by atoms with E-state index in [2.05, 4.69) is 10.4 Å². The van der Waals surface area contributed by atoms with Crippen molar-refractivity contribution in [3.05, 3.63) is 6.20 Å². The van der Waals surface area contributed by atoms with Crippen LogP contribution in [0.2, 0.25) is 0 Å². The zero-order valence-electron chi connectivity index (χ0n) is 9.68. The van der Waals surface area contributed by atoms with Crippen LogP contribution in [0.3, 0.4) is 0 Å². The lowest BCUT2D eigenvalue weighted by molar-refractivity contribution is -0.214. The molecule has 1 spiro atoms. The van der Waals surface area contributed by atoms with Crippen LogP contribution in [0.15, 0.2) is 6.20 Å². The first-order chi connectivity index (χ1) is 8.23. The van der Waals surface area contributed by atoms with E-state index in [1.54, 1.807) is 17.9 Å². The quantitative estimate of drug-likeness (QED) is 0.776. The maximum absolute atomic E-state index is 10.5. The Morgan fingerprint density at radius 1 is 1.71 bits per heavy atom. The summed E-state index contributed by atoms with van der Waals surface area (Å²) in [6.07, 6.45) is 4.71. The van der Waals surface area contributed by atoms with E-state index in [9.17, 15) is 4.79 Å². The summed E-state index contributed by atoms with van der Waals surface area (Å²) in [6, 6.07) is 0. The van der Waals surface area contributed by atoms with Gasteiger partial charge in [-0.25, -0.2) is 0 Å². The van der Waals surface area contributed by atoms with Gasteiger partial charge in [-0.15, -0.1) is 5.10 Å². The Kier molecular flexibility index (Phi) is 2.32. The number of rotatable bonds is 4. The van der Waals surface area contributed by atoms with Crippen LogP contribution in [0.1, 0.15) is 12.8 Å². The number of hydrogen-bond donors (Lipinski definition) is 1. The van der Waals surface area contributed by atoms with Crippen molar-refractivity contribution in [1.29, 1.82) is 0 Å². The molecular weight excluding hydrogens is 222 g/mol. The van der Waals surface area contributed by atoms with E-state index < -0.39 is 0 Å². The molecule has 17 heavy (non-hydrogen) atoms. The second-order valence-electron chi connectivity index (χ2n) is 4.78. The first-order valence-corrected chi connectivity index (χ1v) is 5.72. The predicted octanol–water partition coefficient (Wildman–Crippen LogP) is 0.546. The number of hydrogen-bond acceptors (Lipinski definition) is 4. The number of aromatic nitrogens is 2. The van der Waals surface area contributed by atoms with Crippen LogP contribution >= 0.6 is 0 Å². The highest BCUT2D eigenvalue weighted by atomic mass is 16.5. The van der Waals surface area contributed by atoms with Crippen molar-refractivity contribution >= 4 is 12.1 Å². The molecule has 3 rings (SSSR count). The third-order valence-electron chi connectivity index (χ3n) is 3.63. The lowest BCUT2D eigenvalue weighted by atomic mass is 9.64. The van der Waals surface area contributed by atoms with Gasteiger partial charge in [-0.3, -0.25) is 9.48 Å². The Morgan fingerprint density at radius 3 is 3.06 bits per heavy atom. The van der Waals surface area contributed by atoms with Gasteiger partial charge in [-0.1, -0.05) is 0 Å². The zero-order valence-corrected chi connectivity index (χ0v) is 9.68. The lowest BCUT2D eigenvalue weighted by Gasteiger charge is -2.53. The Hall–Kier alpha value is -1.56. The summed E-state index contributed by atoms with van der Waals surface area (Å²) in [7, 11) is 1.80. The van der Waals surface area contributed by atoms with Gasteiger partial charge < -0.3 is 14.8 Å². The normalized spacial score (nSPS) is 24.9. The number of ether oxygens (including phenoxy) is 2. The minimum absolute atomic E-state index is 0.165. The minimum Gasteiger partial charge on any atom is -0.471 e. The molecule has 6 nitrogen and oxygen atoms in total. The van der Waals surface area contributed by atoms with Gasteiger partial charge in [0.05, 0.1) is 24.8 Å². The fraction of sp³-hybridized carbons (Fsp3) is 0.636. The van der Waals surface area contributed by atoms with Crippen molar-refractivity contribution in [2.24, 2.45) is 12.5 Å². The summed E-state index contributed by atoms with van der Waals surface area (Å²) in [5.41, 5.74) is 0.820. The van der Waals surface area contributed by atoms with Gasteiger partial charge in [0.2, 0.25) is 6.41 Å². The number of carbonyl (C=O) groups is 1. The van der Waals surface area contributed by atoms with Crippen molar-refractivity contribution < 1.29 is 14.3 Å². The third kappa shape index (κ3) is 1.59. The summed E-state index contributed by atoms with van der Waals surface area (Å²) in [4.78, 5) is 10.5. The van der Waals surface area contributed by atoms with Crippen LogP contribution in [0.5, 0.6) is 5.88 Å². The van der Waals surface area contributed by atoms with E-state index in [1.165, 1.54) is 0 Å². The van der Waals surface area contributed by atoms with E-state index in [4.69, 9.17) is 9.47 Å². The molecule has 1 aliphatic heterocycles. The van der Waals surface area contributed by atoms with Crippen molar-refractivity contribution in [2.75, 3.05) is 18.5 Å². The Bertz CT molecular complexity index is 434. The van der Waals surface area contributed by atoms with E-state index >= 15 is 0 Å². The molecule has 1 aliphatic carbocycles. The average molecular weight is 237 g/mol. The summed E-state index contributed by atoms with van der Waals surface area (Å²) >= 11 is 0. The van der Waals surface area contributed by atoms with Gasteiger partial charge in [0.15, 0.2) is 0 Å². The fourth-order valence-corrected chi connectivity index (χ4v) is 2.40. The molecule has 1 atom stereocenters. The van der Waals surface area contributed by atoms with Crippen LogP contribution in [0, 0.1) is 5.41 Å². The van der Waals surface area contributed by atoms with Crippen LogP contribution < -0.4 is 10.1 Å². The highest BCUT2D eigenvalue weighted by molar-refractivity contribution is 5.73. The van der Waals surface area contributed by atoms with Gasteiger partial charge in [-0.2, -0.15) is 0 Å². The molecule has 0 bridgehead atoms. The number of carbonyl (C=O) groups excluding carboxylic acids is 1. The van der Waals surface area contributed by atoms with Crippen molar-refractivity contribution in [1.82, 2.24) is 9.78 Å². The first kappa shape index (κ1) is 10.6. The van der Waals surface area contributed by atoms with Crippen LogP contribution in [-0.2, 0) is 16.6 Å². The van der Waals surface area contributed by atoms with Gasteiger partial charge in [0, 0.05) is 7.05 Å². The second-order valence-corrected chi connectivity index (χ2v) is 4.78. The maximum Gasteiger partial charge on any atom is 0.257 e. The SMILES string of the molecule is Cn1cc(NC=O)c(OC2CCC23COC3)n1. The van der Waals surface area contributed by atoms with Crippen LogP contribution in [0.4, 0.5) is 5.69 Å². The van der Waals surface area contributed by atoms with Gasteiger partial charge in [0.1, 0.15) is 11.8 Å². The van der Waals surface area contributed by atoms with E-state index in [1.807, 2.05) is 0 Å². The Labute approximate surface area is 98.9 Å². The van der Waals surface area contributed by atoms with Gasteiger partial charge >= 0.3 is 0 Å². The van der Waals surface area contributed by atoms with E-state index in [0.29, 0.717) is 18.0 Å². The number of anilines is 1. The standard InChI is InChI=1S/C11H15N3O3/c1-14-4-8(12-7-15)10(13-14)17-9-2-3-11(9)5-16-6-11/h4,7,9H,2-3,5-6H2,1H3,(H,12,15). The molecule has 1 unspecified atom stereocenters. The highest BCUT2D eigenvalue weighted by Gasteiger charge is 2.54. The number of amides is 1. The zero-order chi connectivity index (χ0) is 11.9. The number of nitrogens with one attached hydrogen (secondary N) is 1. The summed E-state index contributed by atoms with van der Waals surface area (Å²) in [5, 5.41) is 6.80. The van der Waals surface area contributed by atoms with Crippen molar-refractivity contribution in [2.45, 2.75) is 18.9 Å². The molecule has 1 saturated carbocycles. The van der Waals surface area contributed by atoms with Crippen LogP contribution in [-0.4, -0.2) is 35.5 Å². The largest absolute Gasteiger partial charge is 0.471 e. The third-order valence-corrected chi connectivity index (χ3v) is 3.63. The molecule has 92 valence electrons. The molecule has 1 N–H and O–H groups in total. The topological polar surface area (TPSA) is 65.4 Å². The molecular formula is C11H15N3O3. The first-order valence-electron chi connectivity index (χ1n) is 5.72. The lowest BCUT2D eigenvalue weighted by Crippen LogP contribution is -2.60. The predicted molar refractivity (Wildman–Crippen MR) is 59.8 cm³/mol. The van der Waals surface area contributed by atoms with Crippen LogP contribution in [0.25, 0.3) is 0 Å². The minimum atomic E-state index is 0.165. The van der Waals surface area contributed by atoms with E-state index in [0.717, 1.165) is 26.1 Å². The van der Waals surface area contributed by atoms with E-state index in [-0.39, 0.29) is 11.5 Å². The smallest absolute Gasteiger partial charge is 0.257 e. The molecule has 2 aliphatic rings. The maximum atomic E-state index is 10.5. The Balaban J connectivity index is 1.73. The Morgan fingerprint density at radius 2 is 2.53 bits per heavy atom. The number of nitrogens with zero attached hydrogens (tertiary/aromatic N) is 2. The molecule has 0 aromatic carbocycles. The average Bonchev–Trinajstić information content (AvgIpc) is 2.52. The van der Waals surface area contributed by atoms with Crippen molar-refractivity contribution in [3.8, 4) is 5.88 Å². The van der Waals surface area contributed by atoms with Crippen molar-refractivity contribution in [3.63, 3.8) is 0 Å². The summed E-state index contributed by atoms with van der Waals surface area (Å²) in [6.45, 7) is 1.56. The summed E-state index contributed by atoms with van der Waals surface area (Å²) in [5.74, 6) is 0.496. The molecule has 6 heteroatoms. The van der Waals surface area contributed by atoms with Gasteiger partial charge in [0.25, 0.3) is 5.88 Å². The molecule has 1 aromatic heterocycles. The fourth-order valence-electron chi connectivity index (χ4n) is 2.40. The molecule has 2 heterocycles. The van der Waals surface area contributed by atoms with Gasteiger partial charge in [-0.05, 0) is 12.8 Å². The molecule has 1 amide bonds. The molecule has 2 fully saturated rings. The molecule has 0 radical (unpaired) electrons. The molecule has 1 aromatic rings. The summed E-state index contributed by atoms with van der Waals surface area (Å²) < 4.78 is 12.8. The monoisotopic (exact) mass is 237 g/mol. The molecule has 1 saturated heterocycles. The second kappa shape index (κ2) is 3.73.